The number of unbranched alkanes of at least 4 members (excludes halogenated alkanes) is 35. The molecular weight excluding hydrogens is 940 g/mol. The van der Waals surface area contributed by atoms with Crippen LogP contribution in [0.3, 0.4) is 0 Å². The first kappa shape index (κ1) is 72.0. The lowest BCUT2D eigenvalue weighted by atomic mass is 10.0. The molecule has 0 aromatic rings. The number of nitrogens with zero attached hydrogens (tertiary/aromatic N) is 1. The lowest BCUT2D eigenvalue weighted by Crippen LogP contribution is -2.47. The number of rotatable bonds is 57. The SMILES string of the molecule is CCCCC/C=C\C/C=C\C/C=C\CCCCCCCCC(=O)OC(/C=C/CCCCCCCCCCCCC)C(COP(=O)([O-])OCC[N+](C)(C)C)NC(=O)CCCCCCCCCCCCCCCCCC. The zero-order valence-corrected chi connectivity index (χ0v) is 50.4. The summed E-state index contributed by atoms with van der Waals surface area (Å²) in [5.74, 6) is -0.544. The largest absolute Gasteiger partial charge is 0.756 e. The molecule has 0 bridgehead atoms. The van der Waals surface area contributed by atoms with Crippen molar-refractivity contribution in [3.05, 3.63) is 48.6 Å². The fourth-order valence-electron chi connectivity index (χ4n) is 9.12. The predicted molar refractivity (Wildman–Crippen MR) is 316 cm³/mol. The molecule has 1 N–H and O–H groups in total. The summed E-state index contributed by atoms with van der Waals surface area (Å²) in [6.45, 7) is 6.84. The van der Waals surface area contributed by atoms with Crippen molar-refractivity contribution in [3.63, 3.8) is 0 Å². The molecule has 1 amide bonds. The molecule has 0 radical (unpaired) electrons. The molecule has 10 heteroatoms. The Balaban J connectivity index is 5.29. The van der Waals surface area contributed by atoms with Crippen LogP contribution in [0, 0.1) is 0 Å². The van der Waals surface area contributed by atoms with Crippen LogP contribution in [-0.4, -0.2) is 69.4 Å². The molecule has 0 aromatic heterocycles. The van der Waals surface area contributed by atoms with E-state index in [1.807, 2.05) is 33.3 Å². The van der Waals surface area contributed by atoms with Crippen LogP contribution in [-0.2, 0) is 27.9 Å². The number of phosphoric ester groups is 1. The summed E-state index contributed by atoms with van der Waals surface area (Å²) in [4.78, 5) is 40.0. The van der Waals surface area contributed by atoms with Crippen molar-refractivity contribution in [1.29, 1.82) is 0 Å². The standard InChI is InChI=1S/C64H121N2O7P/c1-7-10-13-16-19-22-25-28-30-32-33-34-36-39-42-45-48-51-54-57-64(68)73-62(55-52-49-46-43-40-37-27-24-21-18-15-12-9-3)61(60-72-74(69,70)71-59-58-66(4,5)6)65-63(67)56-53-50-47-44-41-38-35-31-29-26-23-20-17-14-11-8-2/h19,22,28,30,33-34,52,55,61-62H,7-18,20-21,23-27,29,31-32,35-51,53-54,56-60H2,1-6H3,(H-,65,67,69,70)/b22-19-,30-28-,34-33-,55-52+. The number of amides is 1. The van der Waals surface area contributed by atoms with Gasteiger partial charge >= 0.3 is 5.97 Å². The molecule has 0 saturated carbocycles. The van der Waals surface area contributed by atoms with Crippen molar-refractivity contribution >= 4 is 19.7 Å². The molecule has 434 valence electrons. The van der Waals surface area contributed by atoms with E-state index in [0.717, 1.165) is 83.5 Å². The van der Waals surface area contributed by atoms with Gasteiger partial charge in [-0.15, -0.1) is 0 Å². The summed E-state index contributed by atoms with van der Waals surface area (Å²) in [6, 6.07) is -0.891. The van der Waals surface area contributed by atoms with Crippen molar-refractivity contribution in [2.24, 2.45) is 0 Å². The fraction of sp³-hybridized carbons (Fsp3) is 0.844. The van der Waals surface area contributed by atoms with Crippen molar-refractivity contribution in [1.82, 2.24) is 5.32 Å². The number of hydrogen-bond donors (Lipinski definition) is 1. The van der Waals surface area contributed by atoms with Crippen LogP contribution in [0.25, 0.3) is 0 Å². The van der Waals surface area contributed by atoms with E-state index in [9.17, 15) is 19.0 Å². The Morgan fingerprint density at radius 2 is 0.824 bits per heavy atom. The first-order valence-corrected chi connectivity index (χ1v) is 32.9. The second-order valence-electron chi connectivity index (χ2n) is 22.6. The van der Waals surface area contributed by atoms with E-state index >= 15 is 0 Å². The molecule has 0 aliphatic carbocycles. The fourth-order valence-corrected chi connectivity index (χ4v) is 9.84. The van der Waals surface area contributed by atoms with Crippen LogP contribution in [0.15, 0.2) is 48.6 Å². The Bertz CT molecular complexity index is 1410. The number of quaternary nitrogens is 1. The first-order valence-electron chi connectivity index (χ1n) is 31.4. The highest BCUT2D eigenvalue weighted by atomic mass is 31.2. The summed E-state index contributed by atoms with van der Waals surface area (Å²) in [7, 11) is 1.18. The maximum absolute atomic E-state index is 13.5. The van der Waals surface area contributed by atoms with Crippen LogP contribution in [0.2, 0.25) is 0 Å². The van der Waals surface area contributed by atoms with Crippen molar-refractivity contribution in [3.8, 4) is 0 Å². The maximum atomic E-state index is 13.5. The quantitative estimate of drug-likeness (QED) is 0.0212. The number of esters is 1. The van der Waals surface area contributed by atoms with Gasteiger partial charge in [0.2, 0.25) is 5.91 Å². The van der Waals surface area contributed by atoms with E-state index < -0.39 is 20.0 Å². The monoisotopic (exact) mass is 1060 g/mol. The maximum Gasteiger partial charge on any atom is 0.306 e. The number of ether oxygens (including phenoxy) is 1. The summed E-state index contributed by atoms with van der Waals surface area (Å²) in [6.07, 6.45) is 66.4. The average Bonchev–Trinajstić information content (AvgIpc) is 3.36. The number of carbonyl (C=O) groups excluding carboxylic acids is 2. The molecule has 0 aromatic carbocycles. The summed E-state index contributed by atoms with van der Waals surface area (Å²) < 4.78 is 30.3. The number of allylic oxidation sites excluding steroid dienone is 7. The van der Waals surface area contributed by atoms with Crippen LogP contribution in [0.4, 0.5) is 0 Å². The van der Waals surface area contributed by atoms with Gasteiger partial charge in [0.25, 0.3) is 7.82 Å². The minimum atomic E-state index is -4.70. The van der Waals surface area contributed by atoms with Crippen LogP contribution >= 0.6 is 7.82 Å². The molecule has 0 aliphatic rings. The molecular formula is C64H121N2O7P. The van der Waals surface area contributed by atoms with Gasteiger partial charge in [0.1, 0.15) is 19.3 Å². The van der Waals surface area contributed by atoms with E-state index in [-0.39, 0.29) is 31.5 Å². The van der Waals surface area contributed by atoms with E-state index in [1.54, 1.807) is 0 Å². The highest BCUT2D eigenvalue weighted by Crippen LogP contribution is 2.38. The Morgan fingerprint density at radius 1 is 0.473 bits per heavy atom. The Morgan fingerprint density at radius 3 is 1.26 bits per heavy atom. The van der Waals surface area contributed by atoms with Crippen molar-refractivity contribution in [2.45, 2.75) is 309 Å². The van der Waals surface area contributed by atoms with Gasteiger partial charge < -0.3 is 28.5 Å². The van der Waals surface area contributed by atoms with Gasteiger partial charge in [-0.05, 0) is 70.3 Å². The summed E-state index contributed by atoms with van der Waals surface area (Å²) in [5.41, 5.74) is 0. The third-order valence-electron chi connectivity index (χ3n) is 14.0. The summed E-state index contributed by atoms with van der Waals surface area (Å²) in [5, 5.41) is 3.03. The van der Waals surface area contributed by atoms with E-state index in [2.05, 4.69) is 62.5 Å². The van der Waals surface area contributed by atoms with E-state index in [1.165, 1.54) is 180 Å². The second kappa shape index (κ2) is 54.3. The van der Waals surface area contributed by atoms with Crippen LogP contribution in [0.5, 0.6) is 0 Å². The zero-order valence-electron chi connectivity index (χ0n) is 49.6. The normalized spacial score (nSPS) is 14.0. The summed E-state index contributed by atoms with van der Waals surface area (Å²) >= 11 is 0. The third-order valence-corrected chi connectivity index (χ3v) is 15.0. The van der Waals surface area contributed by atoms with Gasteiger partial charge in [-0.2, -0.15) is 0 Å². The van der Waals surface area contributed by atoms with Crippen molar-refractivity contribution in [2.75, 3.05) is 40.9 Å². The Labute approximate surface area is 458 Å². The van der Waals surface area contributed by atoms with Crippen LogP contribution < -0.4 is 10.2 Å². The van der Waals surface area contributed by atoms with Crippen LogP contribution in [0.1, 0.15) is 297 Å². The molecule has 74 heavy (non-hydrogen) atoms. The Hall–Kier alpha value is -2.03. The molecule has 0 rings (SSSR count). The van der Waals surface area contributed by atoms with Gasteiger partial charge in [0.05, 0.1) is 33.8 Å². The number of hydrogen-bond acceptors (Lipinski definition) is 7. The zero-order chi connectivity index (χ0) is 54.3. The lowest BCUT2D eigenvalue weighted by Gasteiger charge is -2.30. The smallest absolute Gasteiger partial charge is 0.306 e. The van der Waals surface area contributed by atoms with Crippen molar-refractivity contribution < 1.29 is 37.3 Å². The molecule has 0 spiro atoms. The van der Waals surface area contributed by atoms with Gasteiger partial charge in [-0.1, -0.05) is 262 Å². The topological polar surface area (TPSA) is 114 Å². The minimum Gasteiger partial charge on any atom is -0.756 e. The second-order valence-corrected chi connectivity index (χ2v) is 24.0. The number of carbonyl (C=O) groups is 2. The number of likely N-dealkylation sites (N-methyl/N-ethyl adjacent to an activating group) is 1. The highest BCUT2D eigenvalue weighted by molar-refractivity contribution is 7.45. The molecule has 3 unspecified atom stereocenters. The highest BCUT2D eigenvalue weighted by Gasteiger charge is 2.27. The molecule has 0 fully saturated rings. The van der Waals surface area contributed by atoms with Gasteiger partial charge in [-0.25, -0.2) is 0 Å². The predicted octanol–water partition coefficient (Wildman–Crippen LogP) is 18.6. The van der Waals surface area contributed by atoms with E-state index in [0.29, 0.717) is 17.4 Å². The van der Waals surface area contributed by atoms with Gasteiger partial charge in [-0.3, -0.25) is 14.2 Å². The number of phosphoric acid groups is 1. The number of nitrogens with one attached hydrogen (secondary N) is 1. The van der Waals surface area contributed by atoms with Gasteiger partial charge in [0, 0.05) is 12.8 Å². The molecule has 3 atom stereocenters. The minimum absolute atomic E-state index is 0.0234. The third kappa shape index (κ3) is 54.7. The van der Waals surface area contributed by atoms with E-state index in [4.69, 9.17) is 13.8 Å². The average molecular weight is 1060 g/mol. The molecule has 0 heterocycles. The van der Waals surface area contributed by atoms with Gasteiger partial charge in [0.15, 0.2) is 0 Å². The lowest BCUT2D eigenvalue weighted by molar-refractivity contribution is -0.870. The molecule has 0 saturated heterocycles. The Kier molecular flexibility index (Phi) is 52.8. The molecule has 9 nitrogen and oxygen atoms in total. The first-order chi connectivity index (χ1) is 35.9. The molecule has 0 aliphatic heterocycles.